The van der Waals surface area contributed by atoms with E-state index in [2.05, 4.69) is 9.72 Å². The Morgan fingerprint density at radius 1 is 1.71 bits per heavy atom. The van der Waals surface area contributed by atoms with Crippen molar-refractivity contribution < 1.29 is 14.6 Å². The lowest BCUT2D eigenvalue weighted by atomic mass is 10.0. The SMILES string of the molecule is COC(=O)C(C)C(O)c1cncn1C. The summed E-state index contributed by atoms with van der Waals surface area (Å²) in [6, 6.07) is 0. The molecule has 0 saturated heterocycles. The Labute approximate surface area is 82.3 Å². The summed E-state index contributed by atoms with van der Waals surface area (Å²) < 4.78 is 6.21. The van der Waals surface area contributed by atoms with Crippen LogP contribution in [0.3, 0.4) is 0 Å². The number of esters is 1. The molecule has 0 aliphatic rings. The Bertz CT molecular complexity index is 322. The monoisotopic (exact) mass is 198 g/mol. The zero-order valence-corrected chi connectivity index (χ0v) is 8.47. The molecule has 0 bridgehead atoms. The largest absolute Gasteiger partial charge is 0.469 e. The molecule has 2 unspecified atom stereocenters. The number of aliphatic hydroxyl groups is 1. The Balaban J connectivity index is 2.80. The van der Waals surface area contributed by atoms with Crippen molar-refractivity contribution in [1.82, 2.24) is 9.55 Å². The van der Waals surface area contributed by atoms with E-state index >= 15 is 0 Å². The van der Waals surface area contributed by atoms with Crippen LogP contribution >= 0.6 is 0 Å². The van der Waals surface area contributed by atoms with Gasteiger partial charge in [-0.25, -0.2) is 4.98 Å². The molecule has 78 valence electrons. The summed E-state index contributed by atoms with van der Waals surface area (Å²) in [5.74, 6) is -1.02. The number of aryl methyl sites for hydroxylation is 1. The van der Waals surface area contributed by atoms with Crippen molar-refractivity contribution in [1.29, 1.82) is 0 Å². The summed E-state index contributed by atoms with van der Waals surface area (Å²) in [5.41, 5.74) is 0.600. The van der Waals surface area contributed by atoms with E-state index in [9.17, 15) is 9.90 Å². The highest BCUT2D eigenvalue weighted by atomic mass is 16.5. The average molecular weight is 198 g/mol. The highest BCUT2D eigenvalue weighted by Crippen LogP contribution is 2.21. The minimum atomic E-state index is -0.880. The molecular weight excluding hydrogens is 184 g/mol. The van der Waals surface area contributed by atoms with Crippen LogP contribution in [0.1, 0.15) is 18.7 Å². The molecule has 0 fully saturated rings. The number of methoxy groups -OCH3 is 1. The van der Waals surface area contributed by atoms with Crippen molar-refractivity contribution in [3.8, 4) is 0 Å². The minimum Gasteiger partial charge on any atom is -0.469 e. The third-order valence-corrected chi connectivity index (χ3v) is 2.20. The van der Waals surface area contributed by atoms with Crippen LogP contribution in [0.15, 0.2) is 12.5 Å². The Kier molecular flexibility index (Phi) is 3.24. The van der Waals surface area contributed by atoms with Crippen LogP contribution in [-0.2, 0) is 16.6 Å². The molecular formula is C9H14N2O3. The van der Waals surface area contributed by atoms with Gasteiger partial charge in [-0.1, -0.05) is 0 Å². The Morgan fingerprint density at radius 2 is 2.36 bits per heavy atom. The maximum absolute atomic E-state index is 11.1. The predicted octanol–water partition coefficient (Wildman–Crippen LogP) is 0.263. The summed E-state index contributed by atoms with van der Waals surface area (Å²) in [5, 5.41) is 9.80. The van der Waals surface area contributed by atoms with Crippen molar-refractivity contribution in [2.45, 2.75) is 13.0 Å². The number of nitrogens with zero attached hydrogens (tertiary/aromatic N) is 2. The molecule has 5 nitrogen and oxygen atoms in total. The first-order valence-electron chi connectivity index (χ1n) is 4.30. The molecule has 0 saturated carbocycles. The number of hydrogen-bond acceptors (Lipinski definition) is 4. The molecule has 0 aliphatic heterocycles. The first-order valence-corrected chi connectivity index (χ1v) is 4.30. The van der Waals surface area contributed by atoms with Gasteiger partial charge in [0, 0.05) is 7.05 Å². The van der Waals surface area contributed by atoms with Crippen molar-refractivity contribution in [2.75, 3.05) is 7.11 Å². The van der Waals surface area contributed by atoms with Crippen LogP contribution in [0.4, 0.5) is 0 Å². The van der Waals surface area contributed by atoms with Crippen molar-refractivity contribution in [3.05, 3.63) is 18.2 Å². The fourth-order valence-electron chi connectivity index (χ4n) is 1.22. The average Bonchev–Trinajstić information content (AvgIpc) is 2.61. The van der Waals surface area contributed by atoms with E-state index in [4.69, 9.17) is 0 Å². The molecule has 0 spiro atoms. The molecule has 1 aromatic rings. The third-order valence-electron chi connectivity index (χ3n) is 2.20. The first-order chi connectivity index (χ1) is 6.57. The number of ether oxygens (including phenoxy) is 1. The second kappa shape index (κ2) is 4.23. The number of imidazole rings is 1. The molecule has 0 amide bonds. The highest BCUT2D eigenvalue weighted by molar-refractivity contribution is 5.72. The Morgan fingerprint density at radius 3 is 2.79 bits per heavy atom. The number of carbonyl (C=O) groups excluding carboxylic acids is 1. The van der Waals surface area contributed by atoms with Gasteiger partial charge in [0.2, 0.25) is 0 Å². The van der Waals surface area contributed by atoms with Gasteiger partial charge in [0.15, 0.2) is 0 Å². The van der Waals surface area contributed by atoms with Crippen LogP contribution in [0.25, 0.3) is 0 Å². The molecule has 0 aliphatic carbocycles. The maximum atomic E-state index is 11.1. The van der Waals surface area contributed by atoms with Gasteiger partial charge < -0.3 is 14.4 Å². The molecule has 0 aromatic carbocycles. The summed E-state index contributed by atoms with van der Waals surface area (Å²) in [4.78, 5) is 15.0. The van der Waals surface area contributed by atoms with Gasteiger partial charge in [-0.15, -0.1) is 0 Å². The van der Waals surface area contributed by atoms with E-state index in [0.29, 0.717) is 5.69 Å². The van der Waals surface area contributed by atoms with Gasteiger partial charge in [-0.2, -0.15) is 0 Å². The second-order valence-electron chi connectivity index (χ2n) is 3.19. The topological polar surface area (TPSA) is 64.3 Å². The fraction of sp³-hybridized carbons (Fsp3) is 0.556. The summed E-state index contributed by atoms with van der Waals surface area (Å²) in [7, 11) is 3.06. The Hall–Kier alpha value is -1.36. The standard InChI is InChI=1S/C9H14N2O3/c1-6(9(13)14-3)8(12)7-4-10-5-11(7)2/h4-6,8,12H,1-3H3. The number of carbonyl (C=O) groups is 1. The summed E-state index contributed by atoms with van der Waals surface area (Å²) in [6.07, 6.45) is 2.22. The number of hydrogen-bond donors (Lipinski definition) is 1. The molecule has 14 heavy (non-hydrogen) atoms. The van der Waals surface area contributed by atoms with Gasteiger partial charge >= 0.3 is 5.97 Å². The normalized spacial score (nSPS) is 14.9. The molecule has 0 radical (unpaired) electrons. The van der Waals surface area contributed by atoms with Crippen LogP contribution in [0, 0.1) is 5.92 Å². The number of aromatic nitrogens is 2. The molecule has 1 rings (SSSR count). The van der Waals surface area contributed by atoms with E-state index in [0.717, 1.165) is 0 Å². The van der Waals surface area contributed by atoms with E-state index in [1.54, 1.807) is 24.9 Å². The quantitative estimate of drug-likeness (QED) is 0.708. The smallest absolute Gasteiger partial charge is 0.311 e. The fourth-order valence-corrected chi connectivity index (χ4v) is 1.22. The van der Waals surface area contributed by atoms with Gasteiger partial charge in [0.05, 0.1) is 31.2 Å². The summed E-state index contributed by atoms with van der Waals surface area (Å²) in [6.45, 7) is 1.61. The van der Waals surface area contributed by atoms with Crippen molar-refractivity contribution >= 4 is 5.97 Å². The zero-order chi connectivity index (χ0) is 10.7. The third kappa shape index (κ3) is 1.93. The highest BCUT2D eigenvalue weighted by Gasteiger charge is 2.25. The van der Waals surface area contributed by atoms with Crippen LogP contribution < -0.4 is 0 Å². The minimum absolute atomic E-state index is 0.432. The van der Waals surface area contributed by atoms with Crippen LogP contribution in [0.5, 0.6) is 0 Å². The van der Waals surface area contributed by atoms with Gasteiger partial charge in [0.25, 0.3) is 0 Å². The zero-order valence-electron chi connectivity index (χ0n) is 8.47. The van der Waals surface area contributed by atoms with Crippen LogP contribution in [-0.4, -0.2) is 27.7 Å². The molecule has 1 N–H and O–H groups in total. The lowest BCUT2D eigenvalue weighted by Crippen LogP contribution is -2.22. The lowest BCUT2D eigenvalue weighted by molar-refractivity contribution is -0.148. The molecule has 1 aromatic heterocycles. The second-order valence-corrected chi connectivity index (χ2v) is 3.19. The van der Waals surface area contributed by atoms with Gasteiger partial charge in [-0.3, -0.25) is 4.79 Å². The van der Waals surface area contributed by atoms with Gasteiger partial charge in [0.1, 0.15) is 6.10 Å². The van der Waals surface area contributed by atoms with E-state index in [-0.39, 0.29) is 0 Å². The van der Waals surface area contributed by atoms with E-state index in [1.165, 1.54) is 13.3 Å². The lowest BCUT2D eigenvalue weighted by Gasteiger charge is -2.16. The van der Waals surface area contributed by atoms with Gasteiger partial charge in [-0.05, 0) is 6.92 Å². The molecule has 2 atom stereocenters. The van der Waals surface area contributed by atoms with Crippen molar-refractivity contribution in [2.24, 2.45) is 13.0 Å². The summed E-state index contributed by atoms with van der Waals surface area (Å²) >= 11 is 0. The first kappa shape index (κ1) is 10.7. The number of rotatable bonds is 3. The number of aliphatic hydroxyl groups excluding tert-OH is 1. The molecule has 5 heteroatoms. The van der Waals surface area contributed by atoms with Crippen LogP contribution in [0.2, 0.25) is 0 Å². The predicted molar refractivity (Wildman–Crippen MR) is 49.3 cm³/mol. The maximum Gasteiger partial charge on any atom is 0.311 e. The van der Waals surface area contributed by atoms with Crippen molar-refractivity contribution in [3.63, 3.8) is 0 Å². The molecule has 1 heterocycles. The van der Waals surface area contributed by atoms with E-state index < -0.39 is 18.0 Å². The van der Waals surface area contributed by atoms with E-state index in [1.807, 2.05) is 0 Å².